The minimum Gasteiger partial charge on any atom is -0.497 e. The Morgan fingerprint density at radius 1 is 1.06 bits per heavy atom. The van der Waals surface area contributed by atoms with Gasteiger partial charge in [0.05, 0.1) is 29.8 Å². The predicted octanol–water partition coefficient (Wildman–Crippen LogP) is 5.54. The summed E-state index contributed by atoms with van der Waals surface area (Å²) in [7, 11) is 2.95. The highest BCUT2D eigenvalue weighted by Crippen LogP contribution is 2.48. The van der Waals surface area contributed by atoms with E-state index in [4.69, 9.17) is 32.7 Å². The number of Topliss-reactive ketones (excluding diaryl/α,β-unsaturated/α-hetero) is 1. The Bertz CT molecular complexity index is 1150. The van der Waals surface area contributed by atoms with Crippen LogP contribution < -0.4 is 10.1 Å². The Balaban J connectivity index is 1.81. The summed E-state index contributed by atoms with van der Waals surface area (Å²) in [6, 6.07) is 13.0. The Morgan fingerprint density at radius 3 is 2.44 bits per heavy atom. The standard InChI is InChI=1S/C25H23Cl2NO4/c1-13-21(25(30)32-3)22(17-5-4-6-18(26)24(17)27)23-19(28-13)11-15(12-20(23)29)14-7-9-16(31-2)10-8-14/h4-10,15,22,28H,11-12H2,1-3H3/t15-,22+/m1/s1. The van der Waals surface area contributed by atoms with E-state index in [1.54, 1.807) is 25.3 Å². The number of rotatable bonds is 4. The third-order valence-electron chi connectivity index (χ3n) is 6.11. The van der Waals surface area contributed by atoms with Gasteiger partial charge in [0, 0.05) is 29.3 Å². The van der Waals surface area contributed by atoms with Crippen molar-refractivity contribution in [3.8, 4) is 5.75 Å². The smallest absolute Gasteiger partial charge is 0.336 e. The molecule has 0 amide bonds. The van der Waals surface area contributed by atoms with Gasteiger partial charge in [0.25, 0.3) is 0 Å². The van der Waals surface area contributed by atoms with E-state index in [2.05, 4.69) is 5.32 Å². The SMILES string of the molecule is COC(=O)C1=C(C)NC2=C(C(=O)C[C@H](c3ccc(OC)cc3)C2)[C@H]1c1cccc(Cl)c1Cl. The number of carbonyl (C=O) groups is 2. The number of benzene rings is 2. The number of ketones is 1. The van der Waals surface area contributed by atoms with E-state index >= 15 is 0 Å². The molecule has 7 heteroatoms. The number of hydrogen-bond acceptors (Lipinski definition) is 5. The lowest BCUT2D eigenvalue weighted by atomic mass is 9.71. The summed E-state index contributed by atoms with van der Waals surface area (Å²) >= 11 is 12.8. The lowest BCUT2D eigenvalue weighted by Gasteiger charge is -2.37. The molecular formula is C25H23Cl2NO4. The first-order chi connectivity index (χ1) is 15.3. The molecule has 4 rings (SSSR count). The minimum atomic E-state index is -0.644. The van der Waals surface area contributed by atoms with Gasteiger partial charge in [0.15, 0.2) is 5.78 Å². The molecular weight excluding hydrogens is 449 g/mol. The third kappa shape index (κ3) is 3.91. The fourth-order valence-corrected chi connectivity index (χ4v) is 5.00. The van der Waals surface area contributed by atoms with Crippen LogP contribution in [0.3, 0.4) is 0 Å². The summed E-state index contributed by atoms with van der Waals surface area (Å²) in [6.07, 6.45) is 0.961. The number of halogens is 2. The first kappa shape index (κ1) is 22.4. The Hall–Kier alpha value is -2.76. The molecule has 1 aliphatic carbocycles. The number of methoxy groups -OCH3 is 2. The van der Waals surface area contributed by atoms with Crippen LogP contribution in [0.4, 0.5) is 0 Å². The van der Waals surface area contributed by atoms with E-state index in [0.29, 0.717) is 45.3 Å². The zero-order valence-corrected chi connectivity index (χ0v) is 19.5. The Labute approximate surface area is 197 Å². The van der Waals surface area contributed by atoms with Gasteiger partial charge < -0.3 is 14.8 Å². The molecule has 0 radical (unpaired) electrons. The second kappa shape index (κ2) is 9.00. The summed E-state index contributed by atoms with van der Waals surface area (Å²) in [5, 5.41) is 4.00. The fourth-order valence-electron chi connectivity index (χ4n) is 4.59. The Morgan fingerprint density at radius 2 is 1.78 bits per heavy atom. The van der Waals surface area contributed by atoms with Gasteiger partial charge in [0.1, 0.15) is 5.75 Å². The molecule has 0 unspecified atom stereocenters. The van der Waals surface area contributed by atoms with E-state index in [-0.39, 0.29) is 11.7 Å². The molecule has 1 aliphatic heterocycles. The molecule has 0 bridgehead atoms. The van der Waals surface area contributed by atoms with E-state index < -0.39 is 11.9 Å². The maximum atomic E-state index is 13.5. The van der Waals surface area contributed by atoms with Crippen LogP contribution in [0.15, 0.2) is 65.0 Å². The number of nitrogens with one attached hydrogen (secondary N) is 1. The zero-order valence-electron chi connectivity index (χ0n) is 18.0. The van der Waals surface area contributed by atoms with Crippen LogP contribution >= 0.6 is 23.2 Å². The fraction of sp³-hybridized carbons (Fsp3) is 0.280. The van der Waals surface area contributed by atoms with Gasteiger partial charge in [-0.15, -0.1) is 0 Å². The van der Waals surface area contributed by atoms with E-state index in [9.17, 15) is 9.59 Å². The van der Waals surface area contributed by atoms with Crippen molar-refractivity contribution in [2.75, 3.05) is 14.2 Å². The topological polar surface area (TPSA) is 64.6 Å². The Kier molecular flexibility index (Phi) is 6.31. The molecule has 0 spiro atoms. The first-order valence-electron chi connectivity index (χ1n) is 10.3. The number of hydrogen-bond donors (Lipinski definition) is 1. The maximum Gasteiger partial charge on any atom is 0.336 e. The number of dihydropyridines is 1. The molecule has 166 valence electrons. The van der Waals surface area contributed by atoms with Crippen molar-refractivity contribution >= 4 is 35.0 Å². The molecule has 0 aromatic heterocycles. The van der Waals surface area contributed by atoms with Gasteiger partial charge in [-0.3, -0.25) is 4.79 Å². The predicted molar refractivity (Wildman–Crippen MR) is 124 cm³/mol. The van der Waals surface area contributed by atoms with Crippen molar-refractivity contribution in [3.63, 3.8) is 0 Å². The van der Waals surface area contributed by atoms with Gasteiger partial charge in [0.2, 0.25) is 0 Å². The molecule has 1 heterocycles. The summed E-state index contributed by atoms with van der Waals surface area (Å²) in [5.74, 6) is -0.400. The number of esters is 1. The van der Waals surface area contributed by atoms with Crippen LogP contribution in [0, 0.1) is 0 Å². The molecule has 2 aliphatic rings. The second-order valence-electron chi connectivity index (χ2n) is 7.93. The van der Waals surface area contributed by atoms with Crippen molar-refractivity contribution in [3.05, 3.63) is 86.2 Å². The molecule has 0 saturated carbocycles. The molecule has 2 aromatic carbocycles. The lowest BCUT2D eigenvalue weighted by Crippen LogP contribution is -2.36. The van der Waals surface area contributed by atoms with Crippen LogP contribution in [0.1, 0.15) is 42.7 Å². The number of carbonyl (C=O) groups excluding carboxylic acids is 2. The van der Waals surface area contributed by atoms with Crippen LogP contribution in [0.2, 0.25) is 10.0 Å². The van der Waals surface area contributed by atoms with E-state index in [1.165, 1.54) is 7.11 Å². The minimum absolute atomic E-state index is 0.0163. The van der Waals surface area contributed by atoms with Crippen molar-refractivity contribution < 1.29 is 19.1 Å². The normalized spacial score (nSPS) is 20.6. The van der Waals surface area contributed by atoms with Crippen molar-refractivity contribution in [1.82, 2.24) is 5.32 Å². The highest BCUT2D eigenvalue weighted by atomic mass is 35.5. The quantitative estimate of drug-likeness (QED) is 0.593. The molecule has 1 N–H and O–H groups in total. The summed E-state index contributed by atoms with van der Waals surface area (Å²) in [6.45, 7) is 1.81. The van der Waals surface area contributed by atoms with Crippen LogP contribution in [-0.2, 0) is 14.3 Å². The molecule has 5 nitrogen and oxygen atoms in total. The monoisotopic (exact) mass is 471 g/mol. The third-order valence-corrected chi connectivity index (χ3v) is 6.95. The summed E-state index contributed by atoms with van der Waals surface area (Å²) in [4.78, 5) is 26.2. The number of ether oxygens (including phenoxy) is 2. The van der Waals surface area contributed by atoms with Crippen LogP contribution in [0.25, 0.3) is 0 Å². The molecule has 2 aromatic rings. The molecule has 0 fully saturated rings. The first-order valence-corrected chi connectivity index (χ1v) is 11.0. The van der Waals surface area contributed by atoms with Crippen molar-refractivity contribution in [1.29, 1.82) is 0 Å². The lowest BCUT2D eigenvalue weighted by molar-refractivity contribution is -0.136. The molecule has 2 atom stereocenters. The van der Waals surface area contributed by atoms with Crippen LogP contribution in [0.5, 0.6) is 5.75 Å². The van der Waals surface area contributed by atoms with Gasteiger partial charge in [-0.2, -0.15) is 0 Å². The van der Waals surface area contributed by atoms with Crippen LogP contribution in [-0.4, -0.2) is 26.0 Å². The highest BCUT2D eigenvalue weighted by Gasteiger charge is 2.42. The average molecular weight is 472 g/mol. The van der Waals surface area contributed by atoms with Crippen molar-refractivity contribution in [2.45, 2.75) is 31.6 Å². The van der Waals surface area contributed by atoms with Gasteiger partial charge in [-0.05, 0) is 48.6 Å². The summed E-state index contributed by atoms with van der Waals surface area (Å²) < 4.78 is 10.3. The van der Waals surface area contributed by atoms with Gasteiger partial charge in [-0.25, -0.2) is 4.79 Å². The largest absolute Gasteiger partial charge is 0.497 e. The van der Waals surface area contributed by atoms with E-state index in [0.717, 1.165) is 17.0 Å². The van der Waals surface area contributed by atoms with Gasteiger partial charge in [-0.1, -0.05) is 47.5 Å². The maximum absolute atomic E-state index is 13.5. The number of allylic oxidation sites excluding steroid dienone is 3. The summed E-state index contributed by atoms with van der Waals surface area (Å²) in [5.41, 5.74) is 4.03. The van der Waals surface area contributed by atoms with Gasteiger partial charge >= 0.3 is 5.97 Å². The molecule has 0 saturated heterocycles. The van der Waals surface area contributed by atoms with Crippen molar-refractivity contribution in [2.24, 2.45) is 0 Å². The average Bonchev–Trinajstić information content (AvgIpc) is 2.79. The highest BCUT2D eigenvalue weighted by molar-refractivity contribution is 6.42. The zero-order chi connectivity index (χ0) is 23.0. The van der Waals surface area contributed by atoms with E-state index in [1.807, 2.05) is 31.2 Å². The molecule has 32 heavy (non-hydrogen) atoms. The second-order valence-corrected chi connectivity index (χ2v) is 8.71.